The number of hydrogen-bond acceptors (Lipinski definition) is 1. The quantitative estimate of drug-likeness (QED) is 0.273. The molecule has 0 atom stereocenters. The van der Waals surface area contributed by atoms with Gasteiger partial charge in [0.05, 0.1) is 6.54 Å². The van der Waals surface area contributed by atoms with E-state index in [1.54, 1.807) is 6.07 Å². The van der Waals surface area contributed by atoms with Crippen LogP contribution in [0, 0.1) is 19.7 Å². The van der Waals surface area contributed by atoms with Gasteiger partial charge in [-0.1, -0.05) is 60.1 Å². The highest BCUT2D eigenvalue weighted by atomic mass is 35.5. The zero-order valence-electron chi connectivity index (χ0n) is 19.3. The SMILES string of the molecule is Cc1ccc(C)c(NC(=S)N(Cc2ccccc2)Cc2cccn2Cc2ccc(F)cc2Cl)c1. The van der Waals surface area contributed by atoms with E-state index in [1.807, 2.05) is 30.5 Å². The molecule has 0 spiro atoms. The van der Waals surface area contributed by atoms with Crippen molar-refractivity contribution >= 4 is 34.6 Å². The molecule has 1 aromatic heterocycles. The van der Waals surface area contributed by atoms with Crippen molar-refractivity contribution in [3.8, 4) is 0 Å². The highest BCUT2D eigenvalue weighted by Gasteiger charge is 2.15. The van der Waals surface area contributed by atoms with Crippen molar-refractivity contribution in [1.82, 2.24) is 9.47 Å². The minimum absolute atomic E-state index is 0.335. The lowest BCUT2D eigenvalue weighted by molar-refractivity contribution is 0.399. The van der Waals surface area contributed by atoms with Crippen LogP contribution in [0.5, 0.6) is 0 Å². The first-order valence-electron chi connectivity index (χ1n) is 11.1. The van der Waals surface area contributed by atoms with E-state index in [4.69, 9.17) is 23.8 Å². The number of nitrogens with zero attached hydrogens (tertiary/aromatic N) is 2. The first-order chi connectivity index (χ1) is 16.4. The molecular weight excluding hydrogens is 465 g/mol. The number of anilines is 1. The van der Waals surface area contributed by atoms with E-state index in [9.17, 15) is 4.39 Å². The summed E-state index contributed by atoms with van der Waals surface area (Å²) in [6.45, 7) is 5.97. The number of aromatic nitrogens is 1. The third-order valence-electron chi connectivity index (χ3n) is 5.77. The Hall–Kier alpha value is -3.15. The first-order valence-corrected chi connectivity index (χ1v) is 11.9. The van der Waals surface area contributed by atoms with Crippen molar-refractivity contribution in [2.24, 2.45) is 0 Å². The van der Waals surface area contributed by atoms with E-state index < -0.39 is 0 Å². The fraction of sp³-hybridized carbons (Fsp3) is 0.179. The topological polar surface area (TPSA) is 20.2 Å². The molecule has 1 N–H and O–H groups in total. The maximum absolute atomic E-state index is 13.5. The minimum atomic E-state index is -0.335. The number of thiocarbonyl (C=S) groups is 1. The summed E-state index contributed by atoms with van der Waals surface area (Å²) in [5.41, 5.74) is 6.45. The van der Waals surface area contributed by atoms with E-state index in [-0.39, 0.29) is 5.82 Å². The Balaban J connectivity index is 1.58. The molecule has 0 radical (unpaired) electrons. The molecule has 4 rings (SSSR count). The molecule has 0 fully saturated rings. The molecule has 3 nitrogen and oxygen atoms in total. The van der Waals surface area contributed by atoms with Crippen molar-refractivity contribution in [2.75, 3.05) is 5.32 Å². The Morgan fingerprint density at radius 3 is 2.53 bits per heavy atom. The number of halogens is 2. The smallest absolute Gasteiger partial charge is 0.174 e. The summed E-state index contributed by atoms with van der Waals surface area (Å²) in [6, 6.07) is 25.2. The fourth-order valence-electron chi connectivity index (χ4n) is 3.84. The van der Waals surface area contributed by atoms with Crippen molar-refractivity contribution in [3.63, 3.8) is 0 Å². The number of nitrogens with one attached hydrogen (secondary N) is 1. The van der Waals surface area contributed by atoms with Gasteiger partial charge in [0.25, 0.3) is 0 Å². The van der Waals surface area contributed by atoms with Gasteiger partial charge in [-0.05, 0) is 78.7 Å². The number of rotatable bonds is 7. The Morgan fingerprint density at radius 1 is 0.971 bits per heavy atom. The van der Waals surface area contributed by atoms with Gasteiger partial charge in [0.1, 0.15) is 5.82 Å². The van der Waals surface area contributed by atoms with Crippen LogP contribution >= 0.6 is 23.8 Å². The first kappa shape index (κ1) is 24.0. The van der Waals surface area contributed by atoms with Gasteiger partial charge in [-0.2, -0.15) is 0 Å². The standard InChI is InChI=1S/C28H27ClFN3S/c1-20-10-11-21(2)27(15-20)31-28(34)33(17-22-7-4-3-5-8-22)19-25-9-6-14-32(25)18-23-12-13-24(30)16-26(23)29/h3-16H,17-19H2,1-2H3,(H,31,34). The fourth-order valence-corrected chi connectivity index (χ4v) is 4.31. The molecule has 0 aliphatic heterocycles. The third kappa shape index (κ3) is 6.04. The molecule has 0 aliphatic rings. The van der Waals surface area contributed by atoms with E-state index in [0.717, 1.165) is 22.5 Å². The molecule has 6 heteroatoms. The maximum atomic E-state index is 13.5. The van der Waals surface area contributed by atoms with Crippen LogP contribution in [0.3, 0.4) is 0 Å². The Kier molecular flexibility index (Phi) is 7.66. The molecule has 174 valence electrons. The summed E-state index contributed by atoms with van der Waals surface area (Å²) in [5, 5.41) is 4.54. The summed E-state index contributed by atoms with van der Waals surface area (Å²) >= 11 is 12.2. The summed E-state index contributed by atoms with van der Waals surface area (Å²) in [6.07, 6.45) is 2.01. The average Bonchev–Trinajstić information content (AvgIpc) is 3.25. The lowest BCUT2D eigenvalue weighted by atomic mass is 10.1. The number of benzene rings is 3. The van der Waals surface area contributed by atoms with Crippen LogP contribution < -0.4 is 5.32 Å². The molecule has 0 unspecified atom stereocenters. The largest absolute Gasteiger partial charge is 0.345 e. The molecule has 0 bridgehead atoms. The normalized spacial score (nSPS) is 10.8. The van der Waals surface area contributed by atoms with E-state index in [0.29, 0.717) is 29.8 Å². The van der Waals surface area contributed by atoms with Crippen molar-refractivity contribution < 1.29 is 4.39 Å². The lowest BCUT2D eigenvalue weighted by Gasteiger charge is -2.27. The zero-order valence-corrected chi connectivity index (χ0v) is 20.8. The van der Waals surface area contributed by atoms with Crippen LogP contribution in [-0.2, 0) is 19.6 Å². The Bertz CT molecular complexity index is 1290. The highest BCUT2D eigenvalue weighted by Crippen LogP contribution is 2.22. The van der Waals surface area contributed by atoms with Gasteiger partial charge >= 0.3 is 0 Å². The molecule has 1 heterocycles. The van der Waals surface area contributed by atoms with Gasteiger partial charge in [-0.25, -0.2) is 4.39 Å². The average molecular weight is 492 g/mol. The third-order valence-corrected chi connectivity index (χ3v) is 6.48. The van der Waals surface area contributed by atoms with Crippen LogP contribution in [0.2, 0.25) is 5.02 Å². The Morgan fingerprint density at radius 2 is 1.76 bits per heavy atom. The number of aryl methyl sites for hydroxylation is 2. The second kappa shape index (κ2) is 10.9. The second-order valence-corrected chi connectivity index (χ2v) is 9.25. The number of hydrogen-bond donors (Lipinski definition) is 1. The van der Waals surface area contributed by atoms with Crippen LogP contribution in [0.4, 0.5) is 10.1 Å². The Labute approximate surface area is 210 Å². The van der Waals surface area contributed by atoms with Gasteiger partial charge in [0, 0.05) is 35.7 Å². The van der Waals surface area contributed by atoms with Gasteiger partial charge in [0.2, 0.25) is 0 Å². The van der Waals surface area contributed by atoms with Gasteiger partial charge in [-0.15, -0.1) is 0 Å². The van der Waals surface area contributed by atoms with Crippen molar-refractivity contribution in [1.29, 1.82) is 0 Å². The predicted octanol–water partition coefficient (Wildman–Crippen LogP) is 7.34. The van der Waals surface area contributed by atoms with Gasteiger partial charge in [-0.3, -0.25) is 0 Å². The second-order valence-electron chi connectivity index (χ2n) is 8.45. The molecule has 0 aliphatic carbocycles. The van der Waals surface area contributed by atoms with E-state index in [2.05, 4.69) is 65.0 Å². The summed E-state index contributed by atoms with van der Waals surface area (Å²) in [7, 11) is 0. The molecule has 0 saturated carbocycles. The molecule has 4 aromatic rings. The molecular formula is C28H27ClFN3S. The highest BCUT2D eigenvalue weighted by molar-refractivity contribution is 7.80. The summed E-state index contributed by atoms with van der Waals surface area (Å²) in [5.74, 6) is -0.335. The van der Waals surface area contributed by atoms with Gasteiger partial charge in [0.15, 0.2) is 5.11 Å². The minimum Gasteiger partial charge on any atom is -0.345 e. The predicted molar refractivity (Wildman–Crippen MR) is 143 cm³/mol. The summed E-state index contributed by atoms with van der Waals surface area (Å²) in [4.78, 5) is 2.16. The van der Waals surface area contributed by atoms with Crippen LogP contribution in [0.1, 0.15) is 27.9 Å². The maximum Gasteiger partial charge on any atom is 0.174 e. The van der Waals surface area contributed by atoms with Crippen molar-refractivity contribution in [3.05, 3.63) is 124 Å². The molecule has 34 heavy (non-hydrogen) atoms. The van der Waals surface area contributed by atoms with Crippen LogP contribution in [0.25, 0.3) is 0 Å². The lowest BCUT2D eigenvalue weighted by Crippen LogP contribution is -2.34. The molecule has 0 saturated heterocycles. The van der Waals surface area contributed by atoms with Crippen LogP contribution in [-0.4, -0.2) is 14.6 Å². The zero-order chi connectivity index (χ0) is 24.1. The van der Waals surface area contributed by atoms with E-state index >= 15 is 0 Å². The summed E-state index contributed by atoms with van der Waals surface area (Å²) < 4.78 is 15.6. The van der Waals surface area contributed by atoms with Crippen molar-refractivity contribution in [2.45, 2.75) is 33.5 Å². The van der Waals surface area contributed by atoms with Crippen LogP contribution in [0.15, 0.2) is 85.1 Å². The van der Waals surface area contributed by atoms with Gasteiger partial charge < -0.3 is 14.8 Å². The molecule has 3 aromatic carbocycles. The van der Waals surface area contributed by atoms with E-state index in [1.165, 1.54) is 23.3 Å². The monoisotopic (exact) mass is 491 g/mol. The molecule has 0 amide bonds.